The van der Waals surface area contributed by atoms with Gasteiger partial charge in [-0.05, 0) is 32.1 Å². The van der Waals surface area contributed by atoms with E-state index in [1.165, 1.54) is 0 Å². The first-order valence-electron chi connectivity index (χ1n) is 5.93. The molecule has 15 heavy (non-hydrogen) atoms. The zero-order valence-corrected chi connectivity index (χ0v) is 9.83. The summed E-state index contributed by atoms with van der Waals surface area (Å²) < 4.78 is 0. The fourth-order valence-corrected chi connectivity index (χ4v) is 1.97. The van der Waals surface area contributed by atoms with Gasteiger partial charge in [0.15, 0.2) is 0 Å². The molecule has 1 heterocycles. The third kappa shape index (κ3) is 3.70. The fourth-order valence-electron chi connectivity index (χ4n) is 1.97. The molecule has 0 saturated carbocycles. The van der Waals surface area contributed by atoms with Gasteiger partial charge in [0, 0.05) is 25.7 Å². The Balaban J connectivity index is 2.38. The normalized spacial score (nSPS) is 23.7. The van der Waals surface area contributed by atoms with E-state index in [4.69, 9.17) is 5.73 Å². The average molecular weight is 213 g/mol. The van der Waals surface area contributed by atoms with E-state index in [0.717, 1.165) is 38.9 Å². The molecule has 2 atom stereocenters. The molecule has 1 aliphatic rings. The number of carbonyl (C=O) groups excluding carboxylic acids is 1. The van der Waals surface area contributed by atoms with Gasteiger partial charge in [0.05, 0.1) is 0 Å². The Morgan fingerprint density at radius 1 is 1.67 bits per heavy atom. The van der Waals surface area contributed by atoms with Crippen molar-refractivity contribution >= 4 is 6.03 Å². The van der Waals surface area contributed by atoms with Crippen LogP contribution in [0.2, 0.25) is 0 Å². The molecular formula is C11H23N3O. The van der Waals surface area contributed by atoms with Crippen LogP contribution in [0.15, 0.2) is 0 Å². The van der Waals surface area contributed by atoms with Gasteiger partial charge in [-0.15, -0.1) is 0 Å². The first-order valence-corrected chi connectivity index (χ1v) is 5.93. The lowest BCUT2D eigenvalue weighted by Crippen LogP contribution is -2.48. The number of rotatable bonds is 3. The van der Waals surface area contributed by atoms with Gasteiger partial charge in [-0.25, -0.2) is 4.79 Å². The van der Waals surface area contributed by atoms with E-state index in [1.807, 2.05) is 11.8 Å². The van der Waals surface area contributed by atoms with Crippen LogP contribution in [0.4, 0.5) is 4.79 Å². The molecule has 4 heteroatoms. The monoisotopic (exact) mass is 213 g/mol. The maximum absolute atomic E-state index is 11.7. The van der Waals surface area contributed by atoms with Crippen molar-refractivity contribution in [1.29, 1.82) is 0 Å². The van der Waals surface area contributed by atoms with Gasteiger partial charge in [0.2, 0.25) is 0 Å². The van der Waals surface area contributed by atoms with Crippen molar-refractivity contribution in [3.05, 3.63) is 0 Å². The van der Waals surface area contributed by atoms with E-state index >= 15 is 0 Å². The summed E-state index contributed by atoms with van der Waals surface area (Å²) >= 11 is 0. The molecule has 4 nitrogen and oxygen atoms in total. The van der Waals surface area contributed by atoms with Crippen LogP contribution in [-0.4, -0.2) is 36.6 Å². The summed E-state index contributed by atoms with van der Waals surface area (Å²) in [4.78, 5) is 13.6. The molecular weight excluding hydrogens is 190 g/mol. The maximum Gasteiger partial charge on any atom is 0.317 e. The molecule has 1 fully saturated rings. The third-order valence-corrected chi connectivity index (χ3v) is 3.01. The topological polar surface area (TPSA) is 58.4 Å². The van der Waals surface area contributed by atoms with Crippen molar-refractivity contribution in [3.8, 4) is 0 Å². The zero-order valence-electron chi connectivity index (χ0n) is 9.83. The summed E-state index contributed by atoms with van der Waals surface area (Å²) in [6.45, 7) is 6.53. The van der Waals surface area contributed by atoms with Crippen molar-refractivity contribution < 1.29 is 4.79 Å². The number of urea groups is 1. The van der Waals surface area contributed by atoms with Gasteiger partial charge in [0.1, 0.15) is 0 Å². The number of nitrogens with one attached hydrogen (secondary N) is 1. The minimum absolute atomic E-state index is 0.0715. The maximum atomic E-state index is 11.7. The highest BCUT2D eigenvalue weighted by Crippen LogP contribution is 2.18. The molecule has 0 radical (unpaired) electrons. The van der Waals surface area contributed by atoms with E-state index in [9.17, 15) is 4.79 Å². The summed E-state index contributed by atoms with van der Waals surface area (Å²) in [5.41, 5.74) is 5.87. The molecule has 0 aromatic heterocycles. The Morgan fingerprint density at radius 3 is 3.00 bits per heavy atom. The number of piperidine rings is 1. The van der Waals surface area contributed by atoms with E-state index in [1.54, 1.807) is 0 Å². The highest BCUT2D eigenvalue weighted by Gasteiger charge is 2.25. The highest BCUT2D eigenvalue weighted by atomic mass is 16.2. The molecule has 3 N–H and O–H groups in total. The molecule has 1 aliphatic heterocycles. The molecule has 1 saturated heterocycles. The van der Waals surface area contributed by atoms with Gasteiger partial charge in [-0.1, -0.05) is 6.92 Å². The van der Waals surface area contributed by atoms with Crippen LogP contribution in [0.1, 0.15) is 33.1 Å². The van der Waals surface area contributed by atoms with Crippen molar-refractivity contribution in [1.82, 2.24) is 10.2 Å². The summed E-state index contributed by atoms with van der Waals surface area (Å²) in [6, 6.07) is 0.258. The second-order valence-corrected chi connectivity index (χ2v) is 4.44. The first-order chi connectivity index (χ1) is 7.15. The Hall–Kier alpha value is -0.770. The summed E-state index contributed by atoms with van der Waals surface area (Å²) in [6.07, 6.45) is 3.21. The van der Waals surface area contributed by atoms with Gasteiger partial charge in [0.25, 0.3) is 0 Å². The zero-order chi connectivity index (χ0) is 11.3. The van der Waals surface area contributed by atoms with Crippen molar-refractivity contribution in [2.75, 3.05) is 19.6 Å². The predicted octanol–water partition coefficient (Wildman–Crippen LogP) is 1.17. The molecule has 0 bridgehead atoms. The molecule has 0 aromatic rings. The van der Waals surface area contributed by atoms with Crippen LogP contribution >= 0.6 is 0 Å². The Morgan fingerprint density at radius 2 is 2.40 bits per heavy atom. The minimum atomic E-state index is 0.0715. The van der Waals surface area contributed by atoms with Crippen LogP contribution in [0, 0.1) is 5.92 Å². The molecule has 0 aromatic carbocycles. The van der Waals surface area contributed by atoms with Crippen molar-refractivity contribution in [2.45, 2.75) is 39.2 Å². The molecule has 1 rings (SSSR count). The molecule has 2 amide bonds. The van der Waals surface area contributed by atoms with Crippen LogP contribution in [0.5, 0.6) is 0 Å². The average Bonchev–Trinajstić information content (AvgIpc) is 2.26. The summed E-state index contributed by atoms with van der Waals surface area (Å²) in [5.74, 6) is 0.464. The molecule has 0 aliphatic carbocycles. The SMILES string of the molecule is CCCNC(=O)N1CCCC(C(C)N)C1. The van der Waals surface area contributed by atoms with Gasteiger partial charge < -0.3 is 16.0 Å². The lowest BCUT2D eigenvalue weighted by atomic mass is 9.92. The number of hydrogen-bond acceptors (Lipinski definition) is 2. The van der Waals surface area contributed by atoms with Crippen LogP contribution in [-0.2, 0) is 0 Å². The van der Waals surface area contributed by atoms with E-state index < -0.39 is 0 Å². The molecule has 2 unspecified atom stereocenters. The lowest BCUT2D eigenvalue weighted by Gasteiger charge is -2.34. The fraction of sp³-hybridized carbons (Fsp3) is 0.909. The number of amides is 2. The number of nitrogens with zero attached hydrogens (tertiary/aromatic N) is 1. The van der Waals surface area contributed by atoms with E-state index in [2.05, 4.69) is 12.2 Å². The van der Waals surface area contributed by atoms with E-state index in [0.29, 0.717) is 5.92 Å². The second-order valence-electron chi connectivity index (χ2n) is 4.44. The third-order valence-electron chi connectivity index (χ3n) is 3.01. The van der Waals surface area contributed by atoms with Gasteiger partial charge >= 0.3 is 6.03 Å². The second kappa shape index (κ2) is 5.95. The summed E-state index contributed by atoms with van der Waals surface area (Å²) in [5, 5.41) is 2.91. The smallest absolute Gasteiger partial charge is 0.317 e. The quantitative estimate of drug-likeness (QED) is 0.739. The van der Waals surface area contributed by atoms with E-state index in [-0.39, 0.29) is 12.1 Å². The van der Waals surface area contributed by atoms with Gasteiger partial charge in [-0.2, -0.15) is 0 Å². The van der Waals surface area contributed by atoms with Crippen LogP contribution in [0.3, 0.4) is 0 Å². The number of hydrogen-bond donors (Lipinski definition) is 2. The number of carbonyl (C=O) groups is 1. The summed E-state index contributed by atoms with van der Waals surface area (Å²) in [7, 11) is 0. The predicted molar refractivity (Wildman–Crippen MR) is 61.6 cm³/mol. The first kappa shape index (κ1) is 12.3. The highest BCUT2D eigenvalue weighted by molar-refractivity contribution is 5.74. The van der Waals surface area contributed by atoms with Crippen molar-refractivity contribution in [2.24, 2.45) is 11.7 Å². The largest absolute Gasteiger partial charge is 0.338 e. The molecule has 0 spiro atoms. The van der Waals surface area contributed by atoms with Gasteiger partial charge in [-0.3, -0.25) is 0 Å². The Bertz CT molecular complexity index is 206. The van der Waals surface area contributed by atoms with Crippen LogP contribution in [0.25, 0.3) is 0 Å². The van der Waals surface area contributed by atoms with Crippen LogP contribution < -0.4 is 11.1 Å². The number of likely N-dealkylation sites (tertiary alicyclic amines) is 1. The molecule has 88 valence electrons. The number of nitrogens with two attached hydrogens (primary N) is 1. The van der Waals surface area contributed by atoms with Crippen molar-refractivity contribution in [3.63, 3.8) is 0 Å². The minimum Gasteiger partial charge on any atom is -0.338 e. The Labute approximate surface area is 92.2 Å². The lowest BCUT2D eigenvalue weighted by molar-refractivity contribution is 0.158. The standard InChI is InChI=1S/C11H23N3O/c1-3-6-13-11(15)14-7-4-5-10(8-14)9(2)12/h9-10H,3-8,12H2,1-2H3,(H,13,15). The Kier molecular flexibility index (Phi) is 4.88.